The van der Waals surface area contributed by atoms with Crippen LogP contribution in [-0.4, -0.2) is 53.0 Å². The lowest BCUT2D eigenvalue weighted by molar-refractivity contribution is -0.140. The van der Waals surface area contributed by atoms with Crippen LogP contribution in [0.1, 0.15) is 49.1 Å². The van der Waals surface area contributed by atoms with E-state index in [1.54, 1.807) is 0 Å². The second-order valence-corrected chi connectivity index (χ2v) is 9.88. The molecule has 2 amide bonds. The van der Waals surface area contributed by atoms with Crippen LogP contribution in [0.15, 0.2) is 48.5 Å². The van der Waals surface area contributed by atoms with E-state index in [1.807, 2.05) is 48.5 Å². The van der Waals surface area contributed by atoms with Gasteiger partial charge in [0.1, 0.15) is 12.6 Å². The van der Waals surface area contributed by atoms with Crippen molar-refractivity contribution in [1.29, 1.82) is 0 Å². The molecule has 2 saturated carbocycles. The van der Waals surface area contributed by atoms with E-state index in [2.05, 4.69) is 10.6 Å². The molecule has 4 N–H and O–H groups in total. The first kappa shape index (κ1) is 23.4. The van der Waals surface area contributed by atoms with Gasteiger partial charge in [-0.05, 0) is 59.8 Å². The number of carbonyl (C=O) groups excluding carboxylic acids is 2. The highest BCUT2D eigenvalue weighted by Gasteiger charge is 2.53. The molecule has 0 spiro atoms. The summed E-state index contributed by atoms with van der Waals surface area (Å²) in [5.74, 6) is -1.66. The Morgan fingerprint density at radius 2 is 1.49 bits per heavy atom. The first-order valence-corrected chi connectivity index (χ1v) is 12.2. The summed E-state index contributed by atoms with van der Waals surface area (Å²) >= 11 is 0. The largest absolute Gasteiger partial charge is 0.481 e. The van der Waals surface area contributed by atoms with Gasteiger partial charge in [-0.2, -0.15) is 0 Å². The number of carboxylic acid groups (broad SMARTS) is 1. The molecule has 2 aromatic rings. The Bertz CT molecular complexity index is 1080. The molecule has 0 aromatic heterocycles. The van der Waals surface area contributed by atoms with E-state index < -0.39 is 36.0 Å². The standard InChI is InChI=1S/C27H30N2O6/c30-24(31)13-23(25(32)28-15-27(34,16-9-10-16)17-11-12-17)29-26(33)35-14-22-20-7-3-1-5-18(20)19-6-2-4-8-21(19)22/h1-8,16-17,22-23,34H,9-15H2,(H,28,32)(H,29,33)(H,30,31). The van der Waals surface area contributed by atoms with Crippen LogP contribution in [0.3, 0.4) is 0 Å². The number of benzene rings is 2. The maximum absolute atomic E-state index is 12.8. The molecule has 1 unspecified atom stereocenters. The molecule has 2 fully saturated rings. The Morgan fingerprint density at radius 3 is 2.00 bits per heavy atom. The molecule has 3 aliphatic carbocycles. The average molecular weight is 479 g/mol. The summed E-state index contributed by atoms with van der Waals surface area (Å²) in [7, 11) is 0. The van der Waals surface area contributed by atoms with Crippen molar-refractivity contribution in [3.8, 4) is 11.1 Å². The van der Waals surface area contributed by atoms with E-state index >= 15 is 0 Å². The van der Waals surface area contributed by atoms with Gasteiger partial charge in [0.2, 0.25) is 5.91 Å². The number of hydrogen-bond acceptors (Lipinski definition) is 5. The normalized spacial score (nSPS) is 17.7. The number of carbonyl (C=O) groups is 3. The Morgan fingerprint density at radius 1 is 0.943 bits per heavy atom. The Balaban J connectivity index is 1.21. The van der Waals surface area contributed by atoms with Crippen LogP contribution in [0.4, 0.5) is 4.79 Å². The zero-order valence-corrected chi connectivity index (χ0v) is 19.4. The first-order valence-electron chi connectivity index (χ1n) is 12.2. The summed E-state index contributed by atoms with van der Waals surface area (Å²) in [6.07, 6.45) is 2.28. The van der Waals surface area contributed by atoms with Crippen LogP contribution in [0.5, 0.6) is 0 Å². The van der Waals surface area contributed by atoms with Gasteiger partial charge in [0, 0.05) is 12.5 Å². The van der Waals surface area contributed by atoms with E-state index in [4.69, 9.17) is 4.74 Å². The number of aliphatic hydroxyl groups is 1. The third-order valence-corrected chi connectivity index (χ3v) is 7.45. The molecule has 2 aromatic carbocycles. The van der Waals surface area contributed by atoms with Crippen LogP contribution in [0.2, 0.25) is 0 Å². The van der Waals surface area contributed by atoms with E-state index in [0.29, 0.717) is 0 Å². The van der Waals surface area contributed by atoms with E-state index in [-0.39, 0.29) is 30.9 Å². The zero-order valence-electron chi connectivity index (χ0n) is 19.4. The lowest BCUT2D eigenvalue weighted by Crippen LogP contribution is -2.53. The fraction of sp³-hybridized carbons (Fsp3) is 0.444. The van der Waals surface area contributed by atoms with Gasteiger partial charge in [0.25, 0.3) is 0 Å². The van der Waals surface area contributed by atoms with Crippen molar-refractivity contribution in [2.45, 2.75) is 49.7 Å². The molecular formula is C27H30N2O6. The minimum absolute atomic E-state index is 0.0592. The average Bonchev–Trinajstić information content (AvgIpc) is 3.76. The number of fused-ring (bicyclic) bond motifs is 3. The van der Waals surface area contributed by atoms with Gasteiger partial charge in [-0.15, -0.1) is 0 Å². The molecule has 35 heavy (non-hydrogen) atoms. The number of carboxylic acids is 1. The molecule has 0 saturated heterocycles. The summed E-state index contributed by atoms with van der Waals surface area (Å²) in [5.41, 5.74) is 3.35. The van der Waals surface area contributed by atoms with Gasteiger partial charge in [-0.1, -0.05) is 48.5 Å². The fourth-order valence-corrected chi connectivity index (χ4v) is 5.31. The van der Waals surface area contributed by atoms with Crippen molar-refractivity contribution in [2.24, 2.45) is 11.8 Å². The predicted octanol–water partition coefficient (Wildman–Crippen LogP) is 3.04. The zero-order chi connectivity index (χ0) is 24.6. The highest BCUT2D eigenvalue weighted by atomic mass is 16.5. The Hall–Kier alpha value is -3.39. The topological polar surface area (TPSA) is 125 Å². The smallest absolute Gasteiger partial charge is 0.407 e. The molecule has 0 heterocycles. The fourth-order valence-electron chi connectivity index (χ4n) is 5.31. The van der Waals surface area contributed by atoms with Gasteiger partial charge in [0.15, 0.2) is 0 Å². The highest BCUT2D eigenvalue weighted by molar-refractivity contribution is 5.89. The van der Waals surface area contributed by atoms with Gasteiger partial charge >= 0.3 is 12.1 Å². The second kappa shape index (κ2) is 9.34. The minimum atomic E-state index is -1.30. The molecule has 0 radical (unpaired) electrons. The molecule has 8 heteroatoms. The molecule has 8 nitrogen and oxygen atoms in total. The summed E-state index contributed by atoms with van der Waals surface area (Å²) in [6.45, 7) is 0.119. The number of nitrogens with one attached hydrogen (secondary N) is 2. The minimum Gasteiger partial charge on any atom is -0.481 e. The summed E-state index contributed by atoms with van der Waals surface area (Å²) < 4.78 is 5.47. The quantitative estimate of drug-likeness (QED) is 0.416. The van der Waals surface area contributed by atoms with Crippen LogP contribution in [0.25, 0.3) is 11.1 Å². The van der Waals surface area contributed by atoms with Crippen molar-refractivity contribution in [3.05, 3.63) is 59.7 Å². The van der Waals surface area contributed by atoms with Crippen molar-refractivity contribution < 1.29 is 29.3 Å². The summed E-state index contributed by atoms with van der Waals surface area (Å²) in [6, 6.07) is 14.6. The summed E-state index contributed by atoms with van der Waals surface area (Å²) in [5, 5.41) is 25.4. The van der Waals surface area contributed by atoms with Crippen LogP contribution in [0, 0.1) is 11.8 Å². The Labute approximate surface area is 203 Å². The highest BCUT2D eigenvalue weighted by Crippen LogP contribution is 2.51. The van der Waals surface area contributed by atoms with Crippen molar-refractivity contribution in [2.75, 3.05) is 13.2 Å². The van der Waals surface area contributed by atoms with Gasteiger partial charge in [-0.25, -0.2) is 4.79 Å². The van der Waals surface area contributed by atoms with Crippen LogP contribution < -0.4 is 10.6 Å². The molecule has 1 atom stereocenters. The molecule has 0 aliphatic heterocycles. The number of alkyl carbamates (subject to hydrolysis) is 1. The number of aliphatic carboxylic acids is 1. The van der Waals surface area contributed by atoms with Crippen LogP contribution >= 0.6 is 0 Å². The monoisotopic (exact) mass is 478 g/mol. The maximum atomic E-state index is 12.8. The van der Waals surface area contributed by atoms with Gasteiger partial charge in [-0.3, -0.25) is 9.59 Å². The van der Waals surface area contributed by atoms with Crippen molar-refractivity contribution in [3.63, 3.8) is 0 Å². The predicted molar refractivity (Wildman–Crippen MR) is 128 cm³/mol. The molecule has 0 bridgehead atoms. The lowest BCUT2D eigenvalue weighted by Gasteiger charge is -2.29. The van der Waals surface area contributed by atoms with Gasteiger partial charge < -0.3 is 25.6 Å². The van der Waals surface area contributed by atoms with Gasteiger partial charge in [0.05, 0.1) is 12.0 Å². The van der Waals surface area contributed by atoms with E-state index in [9.17, 15) is 24.6 Å². The van der Waals surface area contributed by atoms with E-state index in [1.165, 1.54) is 0 Å². The van der Waals surface area contributed by atoms with E-state index in [0.717, 1.165) is 47.9 Å². The molecule has 184 valence electrons. The molecule has 3 aliphatic rings. The second-order valence-electron chi connectivity index (χ2n) is 9.88. The SMILES string of the molecule is O=C(O)CC(NC(=O)OCC1c2ccccc2-c2ccccc21)C(=O)NCC(O)(C1CC1)C1CC1. The third-order valence-electron chi connectivity index (χ3n) is 7.45. The number of amides is 2. The number of rotatable bonds is 10. The van der Waals surface area contributed by atoms with Crippen LogP contribution in [-0.2, 0) is 14.3 Å². The Kier molecular flexibility index (Phi) is 6.23. The molecule has 5 rings (SSSR count). The summed E-state index contributed by atoms with van der Waals surface area (Å²) in [4.78, 5) is 36.7. The van der Waals surface area contributed by atoms with Crippen molar-refractivity contribution >= 4 is 18.0 Å². The number of hydrogen-bond donors (Lipinski definition) is 4. The maximum Gasteiger partial charge on any atom is 0.407 e. The number of ether oxygens (including phenoxy) is 1. The van der Waals surface area contributed by atoms with Crippen molar-refractivity contribution in [1.82, 2.24) is 10.6 Å². The first-order chi connectivity index (χ1) is 16.9. The third kappa shape index (κ3) is 4.89. The lowest BCUT2D eigenvalue weighted by atomic mass is 9.91. The molecular weight excluding hydrogens is 448 g/mol.